The molecular weight excluding hydrogens is 212 g/mol. The molecule has 1 aliphatic rings. The van der Waals surface area contributed by atoms with E-state index in [1.54, 1.807) is 0 Å². The first-order valence-corrected chi connectivity index (χ1v) is 6.40. The second-order valence-electron chi connectivity index (χ2n) is 5.10. The van der Waals surface area contributed by atoms with Crippen molar-refractivity contribution in [2.75, 3.05) is 0 Å². The summed E-state index contributed by atoms with van der Waals surface area (Å²) in [5.74, 6) is 0. The maximum Gasteiger partial charge on any atom is 0.0847 e. The summed E-state index contributed by atoms with van der Waals surface area (Å²) in [5.41, 5.74) is 7.27. The Balaban J connectivity index is 1.89. The Morgan fingerprint density at radius 3 is 2.65 bits per heavy atom. The third-order valence-electron chi connectivity index (χ3n) is 3.57. The summed E-state index contributed by atoms with van der Waals surface area (Å²) < 4.78 is 0. The molecule has 1 aromatic carbocycles. The largest absolute Gasteiger partial charge is 0.390 e. The molecule has 1 heterocycles. The van der Waals surface area contributed by atoms with Crippen molar-refractivity contribution in [3.05, 3.63) is 35.9 Å². The summed E-state index contributed by atoms with van der Waals surface area (Å²) in [6, 6.07) is 10.6. The van der Waals surface area contributed by atoms with Gasteiger partial charge in [0.2, 0.25) is 0 Å². The number of aliphatic hydroxyl groups is 1. The highest BCUT2D eigenvalue weighted by molar-refractivity contribution is 5.16. The summed E-state index contributed by atoms with van der Waals surface area (Å²) in [6.45, 7) is 2.15. The van der Waals surface area contributed by atoms with Gasteiger partial charge in [0.05, 0.1) is 6.10 Å². The number of benzene rings is 1. The molecule has 2 rings (SSSR count). The molecule has 0 aliphatic carbocycles. The molecule has 4 unspecified atom stereocenters. The molecule has 4 atom stereocenters. The van der Waals surface area contributed by atoms with Crippen molar-refractivity contribution in [1.29, 1.82) is 0 Å². The number of nitrogens with two attached hydrogens (primary N) is 1. The van der Waals surface area contributed by atoms with Gasteiger partial charge in [0.15, 0.2) is 0 Å². The van der Waals surface area contributed by atoms with E-state index in [1.807, 2.05) is 18.2 Å². The zero-order valence-electron chi connectivity index (χ0n) is 10.3. The molecule has 1 aliphatic heterocycles. The van der Waals surface area contributed by atoms with Crippen molar-refractivity contribution in [2.45, 2.75) is 50.4 Å². The van der Waals surface area contributed by atoms with Crippen LogP contribution in [0.25, 0.3) is 0 Å². The van der Waals surface area contributed by atoms with Crippen LogP contribution in [0, 0.1) is 0 Å². The van der Waals surface area contributed by atoms with Gasteiger partial charge in [-0.25, -0.2) is 0 Å². The smallest absolute Gasteiger partial charge is 0.0847 e. The van der Waals surface area contributed by atoms with Gasteiger partial charge < -0.3 is 16.2 Å². The molecule has 0 amide bonds. The summed E-state index contributed by atoms with van der Waals surface area (Å²) in [4.78, 5) is 0. The molecule has 4 N–H and O–H groups in total. The Hall–Kier alpha value is -0.900. The Labute approximate surface area is 103 Å². The second kappa shape index (κ2) is 5.63. The van der Waals surface area contributed by atoms with Crippen molar-refractivity contribution in [2.24, 2.45) is 5.73 Å². The van der Waals surface area contributed by atoms with Crippen LogP contribution in [0.3, 0.4) is 0 Å². The van der Waals surface area contributed by atoms with Crippen LogP contribution in [0.4, 0.5) is 0 Å². The number of aliphatic hydroxyl groups excluding tert-OH is 1. The van der Waals surface area contributed by atoms with Gasteiger partial charge in [-0.2, -0.15) is 0 Å². The van der Waals surface area contributed by atoms with E-state index < -0.39 is 6.10 Å². The van der Waals surface area contributed by atoms with E-state index in [4.69, 9.17) is 5.73 Å². The maximum absolute atomic E-state index is 10.2. The molecule has 94 valence electrons. The number of rotatable bonds is 4. The predicted molar refractivity (Wildman–Crippen MR) is 69.7 cm³/mol. The number of nitrogens with one attached hydrogen (secondary N) is 1. The molecule has 1 aromatic rings. The SMILES string of the molecule is CC1CCC(C(O)C(N)Cc2ccccc2)N1. The molecule has 0 saturated carbocycles. The lowest BCUT2D eigenvalue weighted by atomic mass is 9.96. The lowest BCUT2D eigenvalue weighted by molar-refractivity contribution is 0.106. The summed E-state index contributed by atoms with van der Waals surface area (Å²) >= 11 is 0. The van der Waals surface area contributed by atoms with Gasteiger partial charge in [0.25, 0.3) is 0 Å². The molecule has 0 aromatic heterocycles. The Morgan fingerprint density at radius 1 is 1.35 bits per heavy atom. The Morgan fingerprint density at radius 2 is 2.06 bits per heavy atom. The topological polar surface area (TPSA) is 58.3 Å². The van der Waals surface area contributed by atoms with Gasteiger partial charge >= 0.3 is 0 Å². The van der Waals surface area contributed by atoms with E-state index in [2.05, 4.69) is 24.4 Å². The van der Waals surface area contributed by atoms with Crippen LogP contribution in [0.2, 0.25) is 0 Å². The second-order valence-corrected chi connectivity index (χ2v) is 5.10. The fourth-order valence-corrected chi connectivity index (χ4v) is 2.54. The normalized spacial score (nSPS) is 27.9. The van der Waals surface area contributed by atoms with E-state index in [1.165, 1.54) is 5.56 Å². The van der Waals surface area contributed by atoms with Crippen molar-refractivity contribution in [3.8, 4) is 0 Å². The minimum absolute atomic E-state index is 0.156. The summed E-state index contributed by atoms with van der Waals surface area (Å²) in [5, 5.41) is 13.6. The van der Waals surface area contributed by atoms with Crippen LogP contribution in [0.5, 0.6) is 0 Å². The molecular formula is C14H22N2O. The monoisotopic (exact) mass is 234 g/mol. The van der Waals surface area contributed by atoms with Gasteiger partial charge in [-0.3, -0.25) is 0 Å². The maximum atomic E-state index is 10.2. The molecule has 17 heavy (non-hydrogen) atoms. The van der Waals surface area contributed by atoms with Crippen LogP contribution in [0.15, 0.2) is 30.3 Å². The van der Waals surface area contributed by atoms with Crippen LogP contribution >= 0.6 is 0 Å². The Kier molecular flexibility index (Phi) is 4.15. The molecule has 0 radical (unpaired) electrons. The number of hydrogen-bond acceptors (Lipinski definition) is 3. The van der Waals surface area contributed by atoms with Crippen molar-refractivity contribution in [3.63, 3.8) is 0 Å². The highest BCUT2D eigenvalue weighted by Crippen LogP contribution is 2.17. The molecule has 3 nitrogen and oxygen atoms in total. The van der Waals surface area contributed by atoms with E-state index in [-0.39, 0.29) is 12.1 Å². The highest BCUT2D eigenvalue weighted by atomic mass is 16.3. The predicted octanol–water partition coefficient (Wildman–Crippen LogP) is 1.06. The quantitative estimate of drug-likeness (QED) is 0.730. The van der Waals surface area contributed by atoms with Crippen molar-refractivity contribution >= 4 is 0 Å². The fraction of sp³-hybridized carbons (Fsp3) is 0.571. The molecule has 1 saturated heterocycles. The third kappa shape index (κ3) is 3.28. The van der Waals surface area contributed by atoms with E-state index in [0.29, 0.717) is 6.04 Å². The fourth-order valence-electron chi connectivity index (χ4n) is 2.54. The first kappa shape index (κ1) is 12.6. The van der Waals surface area contributed by atoms with E-state index >= 15 is 0 Å². The van der Waals surface area contributed by atoms with Crippen LogP contribution in [-0.2, 0) is 6.42 Å². The average molecular weight is 234 g/mol. The molecule has 3 heteroatoms. The summed E-state index contributed by atoms with van der Waals surface area (Å²) in [7, 11) is 0. The molecule has 1 fully saturated rings. The standard InChI is InChI=1S/C14H22N2O/c1-10-7-8-13(16-10)14(17)12(15)9-11-5-3-2-4-6-11/h2-6,10,12-14,16-17H,7-9,15H2,1H3. The van der Waals surface area contributed by atoms with E-state index in [0.717, 1.165) is 19.3 Å². The Bertz CT molecular complexity index is 341. The minimum atomic E-state index is -0.458. The zero-order valence-corrected chi connectivity index (χ0v) is 10.3. The van der Waals surface area contributed by atoms with Crippen molar-refractivity contribution in [1.82, 2.24) is 5.32 Å². The molecule has 0 bridgehead atoms. The highest BCUT2D eigenvalue weighted by Gasteiger charge is 2.30. The van der Waals surface area contributed by atoms with Gasteiger partial charge in [0, 0.05) is 18.1 Å². The average Bonchev–Trinajstić information content (AvgIpc) is 2.76. The van der Waals surface area contributed by atoms with E-state index in [9.17, 15) is 5.11 Å². The van der Waals surface area contributed by atoms with Crippen LogP contribution in [0.1, 0.15) is 25.3 Å². The van der Waals surface area contributed by atoms with Gasteiger partial charge in [-0.05, 0) is 31.7 Å². The first-order valence-electron chi connectivity index (χ1n) is 6.40. The molecule has 0 spiro atoms. The zero-order chi connectivity index (χ0) is 12.3. The van der Waals surface area contributed by atoms with Crippen molar-refractivity contribution < 1.29 is 5.11 Å². The van der Waals surface area contributed by atoms with Gasteiger partial charge in [-0.1, -0.05) is 30.3 Å². The van der Waals surface area contributed by atoms with Gasteiger partial charge in [-0.15, -0.1) is 0 Å². The third-order valence-corrected chi connectivity index (χ3v) is 3.57. The lowest BCUT2D eigenvalue weighted by Crippen LogP contribution is -2.49. The summed E-state index contributed by atoms with van der Waals surface area (Å²) in [6.07, 6.45) is 2.42. The van der Waals surface area contributed by atoms with Crippen LogP contribution < -0.4 is 11.1 Å². The minimum Gasteiger partial charge on any atom is -0.390 e. The number of hydrogen-bond donors (Lipinski definition) is 3. The lowest BCUT2D eigenvalue weighted by Gasteiger charge is -2.25. The first-order chi connectivity index (χ1) is 8.16. The van der Waals surface area contributed by atoms with Crippen LogP contribution in [-0.4, -0.2) is 29.3 Å². The van der Waals surface area contributed by atoms with Gasteiger partial charge in [0.1, 0.15) is 0 Å².